The average Bonchev–Trinajstić information content (AvgIpc) is 2.11. The van der Waals surface area contributed by atoms with E-state index >= 15 is 0 Å². The summed E-state index contributed by atoms with van der Waals surface area (Å²) in [6.45, 7) is 5.99. The summed E-state index contributed by atoms with van der Waals surface area (Å²) in [6.07, 6.45) is 3.17. The molecule has 1 aliphatic rings. The van der Waals surface area contributed by atoms with Crippen molar-refractivity contribution >= 4 is 0 Å². The van der Waals surface area contributed by atoms with Crippen LogP contribution in [0.3, 0.4) is 0 Å². The molecular weight excluding hydrogens is 164 g/mol. The van der Waals surface area contributed by atoms with Gasteiger partial charge in [0.2, 0.25) is 0 Å². The average molecular weight is 182 g/mol. The largest absolute Gasteiger partial charge is 0.366 e. The quantitative estimate of drug-likeness (QED) is 0.673. The predicted octanol–water partition coefficient (Wildman–Crippen LogP) is 1.13. The second-order valence-electron chi connectivity index (χ2n) is 3.18. The van der Waals surface area contributed by atoms with Gasteiger partial charge in [-0.15, -0.1) is 0 Å². The van der Waals surface area contributed by atoms with Crippen LogP contribution in [-0.2, 0) is 4.74 Å². The summed E-state index contributed by atoms with van der Waals surface area (Å²) in [4.78, 5) is 0. The first-order chi connectivity index (χ1) is 6.27. The second-order valence-corrected chi connectivity index (χ2v) is 3.18. The monoisotopic (exact) mass is 182 g/mol. The Bertz CT molecular complexity index is 231. The molecular formula is C10H18N2O. The Morgan fingerprint density at radius 1 is 1.62 bits per heavy atom. The highest BCUT2D eigenvalue weighted by atomic mass is 16.5. The molecule has 74 valence electrons. The standard InChI is InChI=1S/C10H18N2O/c1-3-9-4-8(2)12-7-13-6-10(9)5-11/h4,12H,3,5-7,11H2,1-2H3. The minimum atomic E-state index is 0.572. The molecule has 0 amide bonds. The van der Waals surface area contributed by atoms with Crippen molar-refractivity contribution < 1.29 is 4.74 Å². The zero-order chi connectivity index (χ0) is 9.68. The minimum absolute atomic E-state index is 0.572. The molecule has 0 unspecified atom stereocenters. The van der Waals surface area contributed by atoms with E-state index in [0.717, 1.165) is 12.1 Å². The van der Waals surface area contributed by atoms with Crippen molar-refractivity contribution in [3.63, 3.8) is 0 Å². The van der Waals surface area contributed by atoms with E-state index in [1.165, 1.54) is 11.1 Å². The van der Waals surface area contributed by atoms with E-state index in [0.29, 0.717) is 19.9 Å². The highest BCUT2D eigenvalue weighted by molar-refractivity contribution is 5.29. The van der Waals surface area contributed by atoms with Crippen LogP contribution < -0.4 is 11.1 Å². The smallest absolute Gasteiger partial charge is 0.116 e. The Kier molecular flexibility index (Phi) is 3.99. The van der Waals surface area contributed by atoms with Gasteiger partial charge in [-0.3, -0.25) is 0 Å². The van der Waals surface area contributed by atoms with Crippen molar-refractivity contribution in [1.82, 2.24) is 5.32 Å². The summed E-state index contributed by atoms with van der Waals surface area (Å²) in [7, 11) is 0. The zero-order valence-electron chi connectivity index (χ0n) is 8.39. The molecule has 0 aliphatic carbocycles. The molecule has 3 heteroatoms. The lowest BCUT2D eigenvalue weighted by molar-refractivity contribution is 0.141. The summed E-state index contributed by atoms with van der Waals surface area (Å²) < 4.78 is 5.39. The van der Waals surface area contributed by atoms with Crippen LogP contribution in [0, 0.1) is 0 Å². The van der Waals surface area contributed by atoms with Gasteiger partial charge >= 0.3 is 0 Å². The van der Waals surface area contributed by atoms with Gasteiger partial charge in [-0.2, -0.15) is 0 Å². The van der Waals surface area contributed by atoms with Crippen molar-refractivity contribution in [1.29, 1.82) is 0 Å². The van der Waals surface area contributed by atoms with E-state index in [-0.39, 0.29) is 0 Å². The molecule has 1 rings (SSSR count). The first kappa shape index (κ1) is 10.3. The highest BCUT2D eigenvalue weighted by Gasteiger charge is 2.05. The Labute approximate surface area is 79.6 Å². The van der Waals surface area contributed by atoms with Crippen molar-refractivity contribution in [2.75, 3.05) is 19.9 Å². The predicted molar refractivity (Wildman–Crippen MR) is 54.1 cm³/mol. The number of allylic oxidation sites excluding steroid dienone is 3. The summed E-state index contributed by atoms with van der Waals surface area (Å²) in [5.41, 5.74) is 9.30. The van der Waals surface area contributed by atoms with Crippen LogP contribution in [0.1, 0.15) is 20.3 Å². The van der Waals surface area contributed by atoms with Gasteiger partial charge in [0.05, 0.1) is 6.61 Å². The van der Waals surface area contributed by atoms with Gasteiger partial charge in [-0.25, -0.2) is 0 Å². The van der Waals surface area contributed by atoms with Crippen LogP contribution in [0.15, 0.2) is 22.9 Å². The molecule has 0 aromatic rings. The van der Waals surface area contributed by atoms with E-state index in [1.54, 1.807) is 0 Å². The summed E-state index contributed by atoms with van der Waals surface area (Å²) in [6, 6.07) is 0. The molecule has 3 nitrogen and oxygen atoms in total. The van der Waals surface area contributed by atoms with Gasteiger partial charge < -0.3 is 15.8 Å². The topological polar surface area (TPSA) is 47.3 Å². The number of nitrogens with two attached hydrogens (primary N) is 1. The van der Waals surface area contributed by atoms with Crippen LogP contribution in [0.25, 0.3) is 0 Å². The first-order valence-electron chi connectivity index (χ1n) is 4.68. The molecule has 0 saturated carbocycles. The van der Waals surface area contributed by atoms with Crippen LogP contribution in [0.4, 0.5) is 0 Å². The van der Waals surface area contributed by atoms with Crippen LogP contribution in [-0.4, -0.2) is 19.9 Å². The van der Waals surface area contributed by atoms with E-state index in [9.17, 15) is 0 Å². The van der Waals surface area contributed by atoms with Crippen LogP contribution >= 0.6 is 0 Å². The number of ether oxygens (including phenoxy) is 1. The summed E-state index contributed by atoms with van der Waals surface area (Å²) >= 11 is 0. The van der Waals surface area contributed by atoms with Gasteiger partial charge in [0.1, 0.15) is 6.73 Å². The SMILES string of the molecule is CCC1=C(CN)COCNC(C)=C1. The molecule has 0 aromatic heterocycles. The highest BCUT2D eigenvalue weighted by Crippen LogP contribution is 2.13. The van der Waals surface area contributed by atoms with Crippen LogP contribution in [0.5, 0.6) is 0 Å². The van der Waals surface area contributed by atoms with Crippen molar-refractivity contribution in [2.45, 2.75) is 20.3 Å². The van der Waals surface area contributed by atoms with Crippen LogP contribution in [0.2, 0.25) is 0 Å². The maximum absolute atomic E-state index is 5.65. The maximum atomic E-state index is 5.65. The number of hydrogen-bond donors (Lipinski definition) is 2. The summed E-state index contributed by atoms with van der Waals surface area (Å²) in [5, 5.41) is 3.16. The van der Waals surface area contributed by atoms with Crippen molar-refractivity contribution in [2.24, 2.45) is 5.73 Å². The fourth-order valence-corrected chi connectivity index (χ4v) is 1.39. The Hall–Kier alpha value is -0.800. The molecule has 13 heavy (non-hydrogen) atoms. The van der Waals surface area contributed by atoms with Gasteiger partial charge in [-0.05, 0) is 30.6 Å². The third-order valence-corrected chi connectivity index (χ3v) is 2.20. The number of nitrogens with one attached hydrogen (secondary N) is 1. The van der Waals surface area contributed by atoms with Gasteiger partial charge in [0, 0.05) is 12.2 Å². The van der Waals surface area contributed by atoms with E-state index in [1.807, 2.05) is 6.92 Å². The molecule has 1 heterocycles. The fraction of sp³-hybridized carbons (Fsp3) is 0.600. The first-order valence-corrected chi connectivity index (χ1v) is 4.68. The summed E-state index contributed by atoms with van der Waals surface area (Å²) in [5.74, 6) is 0. The third-order valence-electron chi connectivity index (χ3n) is 2.20. The number of hydrogen-bond acceptors (Lipinski definition) is 3. The molecule has 0 spiro atoms. The third kappa shape index (κ3) is 2.86. The molecule has 0 fully saturated rings. The van der Waals surface area contributed by atoms with Crippen molar-refractivity contribution in [3.8, 4) is 0 Å². The minimum Gasteiger partial charge on any atom is -0.366 e. The van der Waals surface area contributed by atoms with E-state index in [4.69, 9.17) is 10.5 Å². The lowest BCUT2D eigenvalue weighted by Gasteiger charge is -2.16. The molecule has 1 aliphatic heterocycles. The zero-order valence-corrected chi connectivity index (χ0v) is 8.39. The Morgan fingerprint density at radius 2 is 2.38 bits per heavy atom. The Morgan fingerprint density at radius 3 is 3.00 bits per heavy atom. The number of rotatable bonds is 2. The van der Waals surface area contributed by atoms with Crippen molar-refractivity contribution in [3.05, 3.63) is 22.9 Å². The van der Waals surface area contributed by atoms with E-state index < -0.39 is 0 Å². The molecule has 0 radical (unpaired) electrons. The maximum Gasteiger partial charge on any atom is 0.116 e. The molecule has 3 N–H and O–H groups in total. The molecule has 0 saturated heterocycles. The lowest BCUT2D eigenvalue weighted by atomic mass is 10.0. The normalized spacial score (nSPS) is 18.8. The van der Waals surface area contributed by atoms with Gasteiger partial charge in [0.25, 0.3) is 0 Å². The van der Waals surface area contributed by atoms with Gasteiger partial charge in [0.15, 0.2) is 0 Å². The van der Waals surface area contributed by atoms with E-state index in [2.05, 4.69) is 18.3 Å². The van der Waals surface area contributed by atoms with Gasteiger partial charge in [-0.1, -0.05) is 6.92 Å². The fourth-order valence-electron chi connectivity index (χ4n) is 1.39. The Balaban J connectivity index is 2.89. The molecule has 0 bridgehead atoms. The lowest BCUT2D eigenvalue weighted by Crippen LogP contribution is -2.22. The molecule has 0 atom stereocenters. The second kappa shape index (κ2) is 5.04. The molecule has 0 aromatic carbocycles.